The van der Waals surface area contributed by atoms with Gasteiger partial charge in [-0.05, 0) is 0 Å². The smallest absolute Gasteiger partial charge is 0.315 e. The van der Waals surface area contributed by atoms with Crippen molar-refractivity contribution in [2.45, 2.75) is 13.2 Å². The third-order valence-electron chi connectivity index (χ3n) is 3.04. The second-order valence-corrected chi connectivity index (χ2v) is 4.76. The van der Waals surface area contributed by atoms with Crippen molar-refractivity contribution in [3.05, 3.63) is 22.0 Å². The Morgan fingerprint density at radius 1 is 1.67 bits per heavy atom. The van der Waals surface area contributed by atoms with Crippen molar-refractivity contribution in [2.24, 2.45) is 18.2 Å². The molecule has 1 aliphatic rings. The van der Waals surface area contributed by atoms with Crippen LogP contribution in [0.2, 0.25) is 0 Å². The number of nitrogens with zero attached hydrogens (tertiary/aromatic N) is 3. The molecule has 1 aromatic rings. The van der Waals surface area contributed by atoms with Crippen molar-refractivity contribution in [1.29, 1.82) is 0 Å². The number of hydrogen-bond donors (Lipinski definition) is 1. The molecule has 1 aliphatic heterocycles. The molecule has 0 spiro atoms. The number of rotatable bonds is 3. The van der Waals surface area contributed by atoms with E-state index in [9.17, 15) is 10.1 Å². The molecule has 1 saturated heterocycles. The van der Waals surface area contributed by atoms with E-state index in [1.54, 1.807) is 7.05 Å². The van der Waals surface area contributed by atoms with Crippen LogP contribution in [0.3, 0.4) is 0 Å². The number of ether oxygens (including phenoxy) is 2. The summed E-state index contributed by atoms with van der Waals surface area (Å²) >= 11 is 0. The van der Waals surface area contributed by atoms with Gasteiger partial charge in [0.05, 0.1) is 18.1 Å². The highest BCUT2D eigenvalue weighted by atomic mass is 16.7. The molecule has 8 heteroatoms. The fourth-order valence-electron chi connectivity index (χ4n) is 1.77. The molecule has 18 heavy (non-hydrogen) atoms. The summed E-state index contributed by atoms with van der Waals surface area (Å²) in [7, 11) is 1.62. The Morgan fingerprint density at radius 2 is 2.28 bits per heavy atom. The fraction of sp³-hybridized carbons (Fsp3) is 0.700. The molecule has 8 nitrogen and oxygen atoms in total. The number of aryl methyl sites for hydroxylation is 1. The highest BCUT2D eigenvalue weighted by molar-refractivity contribution is 5.34. The summed E-state index contributed by atoms with van der Waals surface area (Å²) in [6, 6.07) is 0. The number of nitrogens with two attached hydrogens (primary N) is 1. The largest absolute Gasteiger partial charge is 0.346 e. The van der Waals surface area contributed by atoms with Crippen molar-refractivity contribution < 1.29 is 14.4 Å². The predicted molar refractivity (Wildman–Crippen MR) is 61.7 cm³/mol. The molecular weight excluding hydrogens is 240 g/mol. The lowest BCUT2D eigenvalue weighted by Crippen LogP contribution is -2.42. The van der Waals surface area contributed by atoms with Gasteiger partial charge in [-0.25, -0.2) is 0 Å². The van der Waals surface area contributed by atoms with Crippen LogP contribution in [0.25, 0.3) is 0 Å². The van der Waals surface area contributed by atoms with Gasteiger partial charge in [-0.15, -0.1) is 0 Å². The maximum absolute atomic E-state index is 10.9. The molecular formula is C10H16N4O4. The van der Waals surface area contributed by atoms with Gasteiger partial charge in [-0.1, -0.05) is 6.92 Å². The summed E-state index contributed by atoms with van der Waals surface area (Å²) in [5.41, 5.74) is 5.60. The first-order valence-electron chi connectivity index (χ1n) is 5.56. The van der Waals surface area contributed by atoms with E-state index < -0.39 is 11.2 Å². The zero-order valence-electron chi connectivity index (χ0n) is 10.3. The third-order valence-corrected chi connectivity index (χ3v) is 3.04. The lowest BCUT2D eigenvalue weighted by molar-refractivity contribution is -0.388. The average molecular weight is 256 g/mol. The van der Waals surface area contributed by atoms with Gasteiger partial charge in [0.1, 0.15) is 6.20 Å². The van der Waals surface area contributed by atoms with Crippen LogP contribution in [0.5, 0.6) is 0 Å². The van der Waals surface area contributed by atoms with Gasteiger partial charge in [0.2, 0.25) is 6.29 Å². The lowest BCUT2D eigenvalue weighted by atomic mass is 9.92. The molecule has 0 aromatic carbocycles. The summed E-state index contributed by atoms with van der Waals surface area (Å²) in [4.78, 5) is 10.4. The molecule has 0 radical (unpaired) electrons. The van der Waals surface area contributed by atoms with Crippen molar-refractivity contribution in [1.82, 2.24) is 9.78 Å². The van der Waals surface area contributed by atoms with Gasteiger partial charge in [0.25, 0.3) is 0 Å². The molecule has 1 fully saturated rings. The lowest BCUT2D eigenvalue weighted by Gasteiger charge is -2.36. The van der Waals surface area contributed by atoms with Crippen LogP contribution in [0.4, 0.5) is 5.69 Å². The Kier molecular flexibility index (Phi) is 3.33. The molecule has 2 N–H and O–H groups in total. The molecule has 2 rings (SSSR count). The average Bonchev–Trinajstić information content (AvgIpc) is 2.73. The molecule has 1 aromatic heterocycles. The standard InChI is InChI=1S/C10H16N4O4/c1-10(4-11)5-17-9(18-6-10)8-7(14(15)16)3-12-13(8)2/h3,9H,4-6,11H2,1-2H3/t9-,10-. The molecule has 0 bridgehead atoms. The van der Waals surface area contributed by atoms with E-state index in [0.717, 1.165) is 0 Å². The zero-order valence-corrected chi connectivity index (χ0v) is 10.3. The molecule has 100 valence electrons. The van der Waals surface area contributed by atoms with E-state index in [1.807, 2.05) is 6.92 Å². The van der Waals surface area contributed by atoms with Gasteiger partial charge in [0, 0.05) is 19.0 Å². The van der Waals surface area contributed by atoms with E-state index >= 15 is 0 Å². The Bertz CT molecular complexity index is 451. The summed E-state index contributed by atoms with van der Waals surface area (Å²) in [6.45, 7) is 3.18. The van der Waals surface area contributed by atoms with Crippen LogP contribution in [-0.2, 0) is 16.5 Å². The van der Waals surface area contributed by atoms with Crippen LogP contribution in [-0.4, -0.2) is 34.5 Å². The van der Waals surface area contributed by atoms with Crippen LogP contribution < -0.4 is 5.73 Å². The number of nitro groups is 1. The van der Waals surface area contributed by atoms with Crippen LogP contribution in [0, 0.1) is 15.5 Å². The zero-order chi connectivity index (χ0) is 13.3. The van der Waals surface area contributed by atoms with E-state index in [2.05, 4.69) is 5.10 Å². The van der Waals surface area contributed by atoms with Gasteiger partial charge in [0.15, 0.2) is 5.69 Å². The first kappa shape index (κ1) is 12.9. The molecule has 2 heterocycles. The van der Waals surface area contributed by atoms with Gasteiger partial charge < -0.3 is 15.2 Å². The minimum Gasteiger partial charge on any atom is -0.346 e. The van der Waals surface area contributed by atoms with Crippen molar-refractivity contribution >= 4 is 5.69 Å². The maximum Gasteiger partial charge on any atom is 0.315 e. The molecule has 0 saturated carbocycles. The van der Waals surface area contributed by atoms with Crippen LogP contribution >= 0.6 is 0 Å². The normalized spacial score (nSPS) is 28.3. The fourth-order valence-corrected chi connectivity index (χ4v) is 1.77. The highest BCUT2D eigenvalue weighted by Crippen LogP contribution is 2.34. The summed E-state index contributed by atoms with van der Waals surface area (Å²) < 4.78 is 12.5. The predicted octanol–water partition coefficient (Wildman–Crippen LogP) is 0.339. The maximum atomic E-state index is 10.9. The Hall–Kier alpha value is -1.51. The van der Waals surface area contributed by atoms with Crippen LogP contribution in [0.15, 0.2) is 6.20 Å². The Balaban J connectivity index is 2.19. The van der Waals surface area contributed by atoms with Crippen LogP contribution in [0.1, 0.15) is 18.9 Å². The summed E-state index contributed by atoms with van der Waals surface area (Å²) in [5, 5.41) is 14.7. The first-order chi connectivity index (χ1) is 8.47. The van der Waals surface area contributed by atoms with Gasteiger partial charge in [-0.3, -0.25) is 14.8 Å². The monoisotopic (exact) mass is 256 g/mol. The van der Waals surface area contributed by atoms with E-state index in [0.29, 0.717) is 25.5 Å². The quantitative estimate of drug-likeness (QED) is 0.617. The molecule has 0 atom stereocenters. The van der Waals surface area contributed by atoms with E-state index in [4.69, 9.17) is 15.2 Å². The molecule has 0 amide bonds. The number of aromatic nitrogens is 2. The van der Waals surface area contributed by atoms with Gasteiger partial charge >= 0.3 is 5.69 Å². The van der Waals surface area contributed by atoms with Crippen molar-refractivity contribution in [2.75, 3.05) is 19.8 Å². The summed E-state index contributed by atoms with van der Waals surface area (Å²) in [6.07, 6.45) is 0.427. The molecule has 0 unspecified atom stereocenters. The minimum absolute atomic E-state index is 0.0983. The Labute approximate surface area is 104 Å². The topological polar surface area (TPSA) is 105 Å². The second-order valence-electron chi connectivity index (χ2n) is 4.76. The minimum atomic E-state index is -0.766. The van der Waals surface area contributed by atoms with Crippen molar-refractivity contribution in [3.63, 3.8) is 0 Å². The Morgan fingerprint density at radius 3 is 2.78 bits per heavy atom. The number of hydrogen-bond acceptors (Lipinski definition) is 6. The van der Waals surface area contributed by atoms with E-state index in [-0.39, 0.29) is 11.1 Å². The third kappa shape index (κ3) is 2.22. The first-order valence-corrected chi connectivity index (χ1v) is 5.56. The molecule has 0 aliphatic carbocycles. The van der Waals surface area contributed by atoms with Gasteiger partial charge in [-0.2, -0.15) is 5.10 Å². The second kappa shape index (κ2) is 4.63. The SMILES string of the molecule is Cn1ncc([N+](=O)[O-])c1[C@H]1OC[C@](C)(CN)CO1. The highest BCUT2D eigenvalue weighted by Gasteiger charge is 2.37. The summed E-state index contributed by atoms with van der Waals surface area (Å²) in [5.74, 6) is 0. The van der Waals surface area contributed by atoms with E-state index in [1.165, 1.54) is 10.9 Å². The van der Waals surface area contributed by atoms with Crippen molar-refractivity contribution in [3.8, 4) is 0 Å².